The van der Waals surface area contributed by atoms with Crippen LogP contribution in [0.2, 0.25) is 0 Å². The number of hydrogen-bond acceptors (Lipinski definition) is 1. The summed E-state index contributed by atoms with van der Waals surface area (Å²) in [5, 5.41) is 2.42. The molecular weight excluding hydrogens is 609 g/mol. The van der Waals surface area contributed by atoms with Gasteiger partial charge in [-0.1, -0.05) is 146 Å². The van der Waals surface area contributed by atoms with Gasteiger partial charge in [0.2, 0.25) is 0 Å². The molecule has 0 spiro atoms. The van der Waals surface area contributed by atoms with Crippen molar-refractivity contribution in [3.8, 4) is 27.9 Å². The second kappa shape index (κ2) is 13.8. The first-order valence-corrected chi connectivity index (χ1v) is 16.7. The lowest BCUT2D eigenvalue weighted by Gasteiger charge is -2.10. The molecular formula is C46H34N4. The Balaban J connectivity index is 1.24. The highest BCUT2D eigenvalue weighted by Crippen LogP contribution is 2.37. The van der Waals surface area contributed by atoms with Gasteiger partial charge in [0.15, 0.2) is 11.7 Å². The second-order valence-electron chi connectivity index (χ2n) is 12.1. The van der Waals surface area contributed by atoms with Crippen LogP contribution in [0.4, 0.5) is 0 Å². The molecule has 1 heterocycles. The molecule has 0 fully saturated rings. The van der Waals surface area contributed by atoms with Gasteiger partial charge in [0.25, 0.3) is 0 Å². The van der Waals surface area contributed by atoms with Gasteiger partial charge in [-0.25, -0.2) is 9.98 Å². The summed E-state index contributed by atoms with van der Waals surface area (Å²) in [6.45, 7) is 0. The molecule has 0 unspecified atom stereocenters. The van der Waals surface area contributed by atoms with Gasteiger partial charge in [0.05, 0.1) is 11.0 Å². The van der Waals surface area contributed by atoms with E-state index in [4.69, 9.17) is 9.98 Å². The van der Waals surface area contributed by atoms with E-state index < -0.39 is 0 Å². The Morgan fingerprint density at radius 3 is 1.48 bits per heavy atom. The predicted octanol–water partition coefficient (Wildman–Crippen LogP) is 11.1. The average Bonchev–Trinajstić information content (AvgIpc) is 3.52. The number of aromatic nitrogens is 1. The van der Waals surface area contributed by atoms with Crippen LogP contribution in [0.1, 0.15) is 16.7 Å². The summed E-state index contributed by atoms with van der Waals surface area (Å²) in [6.07, 6.45) is 1.89. The van der Waals surface area contributed by atoms with Crippen molar-refractivity contribution in [1.82, 2.24) is 4.57 Å². The predicted molar refractivity (Wildman–Crippen MR) is 211 cm³/mol. The van der Waals surface area contributed by atoms with Crippen LogP contribution in [0, 0.1) is 0 Å². The van der Waals surface area contributed by atoms with E-state index in [1.54, 1.807) is 7.05 Å². The van der Waals surface area contributed by atoms with Gasteiger partial charge < -0.3 is 4.57 Å². The SMILES string of the molecule is C\N=C(/N=C(\N=C\c1cccc(-n2c3ccc(-c4ccccc4)cc3c3cc(-c4ccccc4)ccc32)c1)c1ccccc1)c1ccccc1. The summed E-state index contributed by atoms with van der Waals surface area (Å²) in [7, 11) is 1.76. The first-order chi connectivity index (χ1) is 24.7. The highest BCUT2D eigenvalue weighted by atomic mass is 15.0. The first kappa shape index (κ1) is 30.7. The zero-order chi connectivity index (χ0) is 33.7. The molecule has 8 rings (SSSR count). The molecule has 50 heavy (non-hydrogen) atoms. The zero-order valence-corrected chi connectivity index (χ0v) is 27.7. The Hall–Kier alpha value is -6.65. The molecule has 0 amide bonds. The number of aliphatic imine (C=N–C) groups is 3. The van der Waals surface area contributed by atoms with Crippen LogP contribution < -0.4 is 0 Å². The molecule has 0 aliphatic heterocycles. The van der Waals surface area contributed by atoms with E-state index >= 15 is 0 Å². The Morgan fingerprint density at radius 2 is 0.960 bits per heavy atom. The quantitative estimate of drug-likeness (QED) is 0.128. The molecule has 4 nitrogen and oxygen atoms in total. The number of nitrogens with zero attached hydrogens (tertiary/aromatic N) is 4. The minimum Gasteiger partial charge on any atom is -0.309 e. The van der Waals surface area contributed by atoms with Gasteiger partial charge >= 0.3 is 0 Å². The third kappa shape index (κ3) is 6.18. The maximum absolute atomic E-state index is 4.95. The second-order valence-corrected chi connectivity index (χ2v) is 12.1. The minimum absolute atomic E-state index is 0.596. The van der Waals surface area contributed by atoms with E-state index in [0.29, 0.717) is 11.7 Å². The maximum Gasteiger partial charge on any atom is 0.161 e. The monoisotopic (exact) mass is 642 g/mol. The third-order valence-electron chi connectivity index (χ3n) is 8.93. The van der Waals surface area contributed by atoms with Crippen LogP contribution >= 0.6 is 0 Å². The minimum atomic E-state index is 0.596. The smallest absolute Gasteiger partial charge is 0.161 e. The van der Waals surface area contributed by atoms with Gasteiger partial charge in [-0.05, 0) is 64.2 Å². The Bertz CT molecular complexity index is 2410. The molecule has 8 aromatic rings. The summed E-state index contributed by atoms with van der Waals surface area (Å²) in [5.74, 6) is 1.23. The van der Waals surface area contributed by atoms with E-state index in [1.807, 2.05) is 66.9 Å². The number of amidine groups is 2. The van der Waals surface area contributed by atoms with Crippen LogP contribution in [0.3, 0.4) is 0 Å². The number of hydrogen-bond donors (Lipinski definition) is 0. The molecule has 0 N–H and O–H groups in total. The summed E-state index contributed by atoms with van der Waals surface area (Å²) >= 11 is 0. The van der Waals surface area contributed by atoms with Crippen LogP contribution in [-0.4, -0.2) is 29.5 Å². The van der Waals surface area contributed by atoms with E-state index in [2.05, 4.69) is 131 Å². The highest BCUT2D eigenvalue weighted by Gasteiger charge is 2.15. The molecule has 1 aromatic heterocycles. The van der Waals surface area contributed by atoms with Gasteiger partial charge in [-0.15, -0.1) is 0 Å². The van der Waals surface area contributed by atoms with Crippen molar-refractivity contribution in [2.45, 2.75) is 0 Å². The third-order valence-corrected chi connectivity index (χ3v) is 8.93. The summed E-state index contributed by atoms with van der Waals surface area (Å²) < 4.78 is 2.36. The van der Waals surface area contributed by atoms with Crippen LogP contribution in [0.25, 0.3) is 49.7 Å². The van der Waals surface area contributed by atoms with Crippen molar-refractivity contribution in [1.29, 1.82) is 0 Å². The van der Waals surface area contributed by atoms with Crippen molar-refractivity contribution in [3.05, 3.63) is 199 Å². The van der Waals surface area contributed by atoms with Gasteiger partial charge in [0, 0.05) is 40.8 Å². The van der Waals surface area contributed by atoms with Crippen molar-refractivity contribution in [2.75, 3.05) is 7.05 Å². The van der Waals surface area contributed by atoms with Gasteiger partial charge in [-0.2, -0.15) is 0 Å². The van der Waals surface area contributed by atoms with Crippen molar-refractivity contribution >= 4 is 39.7 Å². The van der Waals surface area contributed by atoms with E-state index in [9.17, 15) is 0 Å². The van der Waals surface area contributed by atoms with Gasteiger partial charge in [-0.3, -0.25) is 4.99 Å². The standard InChI is InChI=1S/C46H34N4/c1-47-45(36-20-10-4-11-21-36)49-46(37-22-12-5-13-23-37)48-32-33-15-14-24-40(29-33)50-43-27-25-38(34-16-6-2-7-17-34)30-41(43)42-31-39(26-28-44(42)50)35-18-8-3-9-19-35/h2-32H,1H3/b47-45-,48-32+,49-46-. The van der Waals surface area contributed by atoms with Crippen LogP contribution in [0.15, 0.2) is 197 Å². The molecule has 0 saturated carbocycles. The summed E-state index contributed by atoms with van der Waals surface area (Å²) in [5.41, 5.74) is 11.0. The molecule has 0 bridgehead atoms. The van der Waals surface area contributed by atoms with Crippen molar-refractivity contribution in [3.63, 3.8) is 0 Å². The van der Waals surface area contributed by atoms with Crippen LogP contribution in [0.5, 0.6) is 0 Å². The largest absolute Gasteiger partial charge is 0.309 e. The Kier molecular flexibility index (Phi) is 8.49. The van der Waals surface area contributed by atoms with E-state index in [1.165, 1.54) is 33.0 Å². The zero-order valence-electron chi connectivity index (χ0n) is 27.7. The molecule has 238 valence electrons. The van der Waals surface area contributed by atoms with E-state index in [0.717, 1.165) is 33.4 Å². The molecule has 0 radical (unpaired) electrons. The topological polar surface area (TPSA) is 42.0 Å². The molecule has 0 aliphatic carbocycles. The molecule has 4 heteroatoms. The summed E-state index contributed by atoms with van der Waals surface area (Å²) in [4.78, 5) is 14.4. The molecule has 0 aliphatic rings. The number of rotatable bonds is 6. The Morgan fingerprint density at radius 1 is 0.460 bits per heavy atom. The first-order valence-electron chi connectivity index (χ1n) is 16.7. The number of fused-ring (bicyclic) bond motifs is 3. The lowest BCUT2D eigenvalue weighted by molar-refractivity contribution is 1.18. The fourth-order valence-electron chi connectivity index (χ4n) is 6.49. The number of benzene rings is 7. The molecule has 0 saturated heterocycles. The maximum atomic E-state index is 4.95. The molecule has 0 atom stereocenters. The van der Waals surface area contributed by atoms with Crippen LogP contribution in [-0.2, 0) is 0 Å². The normalized spacial score (nSPS) is 12.3. The average molecular weight is 643 g/mol. The van der Waals surface area contributed by atoms with Crippen molar-refractivity contribution in [2.24, 2.45) is 15.0 Å². The Labute approximate surface area is 292 Å². The van der Waals surface area contributed by atoms with Crippen molar-refractivity contribution < 1.29 is 0 Å². The summed E-state index contributed by atoms with van der Waals surface area (Å²) in [6, 6.07) is 63.3. The van der Waals surface area contributed by atoms with Gasteiger partial charge in [0.1, 0.15) is 0 Å². The highest BCUT2D eigenvalue weighted by molar-refractivity contribution is 6.14. The van der Waals surface area contributed by atoms with E-state index in [-0.39, 0.29) is 0 Å². The molecule has 7 aromatic carbocycles. The lowest BCUT2D eigenvalue weighted by atomic mass is 10.0. The fraction of sp³-hybridized carbons (Fsp3) is 0.0217. The fourth-order valence-corrected chi connectivity index (χ4v) is 6.49. The lowest BCUT2D eigenvalue weighted by Crippen LogP contribution is -2.05.